The van der Waals surface area contributed by atoms with Crippen molar-refractivity contribution in [1.29, 1.82) is 0 Å². The molecule has 13 heavy (non-hydrogen) atoms. The maximum atomic E-state index is 8.89. The third-order valence-corrected chi connectivity index (χ3v) is 0. The van der Waals surface area contributed by atoms with Crippen molar-refractivity contribution >= 4 is 17.9 Å². The number of hydrogen-bond acceptors (Lipinski definition) is 6. The van der Waals surface area contributed by atoms with Gasteiger partial charge < -0.3 is 29.7 Å². The fraction of sp³-hybridized carbons (Fsp3) is 0.500. The molecule has 0 atom stereocenters. The van der Waals surface area contributed by atoms with Gasteiger partial charge in [-0.3, -0.25) is 0 Å². The Hall–Kier alpha value is -0.330. The van der Waals surface area contributed by atoms with Crippen molar-refractivity contribution in [2.75, 3.05) is 0 Å². The molecule has 0 aromatic heterocycles. The Morgan fingerprint density at radius 1 is 0.692 bits per heavy atom. The summed E-state index contributed by atoms with van der Waals surface area (Å²) in [6.45, 7) is 2.92. The quantitative estimate of drug-likeness (QED) is 0.417. The Balaban J connectivity index is -0.0000000450. The Morgan fingerprint density at radius 3 is 0.692 bits per heavy atom. The molecule has 0 unspecified atom stereocenters. The van der Waals surface area contributed by atoms with Crippen LogP contribution in [0.4, 0.5) is 0 Å². The van der Waals surface area contributed by atoms with E-state index in [1.54, 1.807) is 0 Å². The van der Waals surface area contributed by atoms with E-state index in [0.29, 0.717) is 0 Å². The molecule has 0 saturated heterocycles. The number of aliphatic carboxylic acids is 3. The van der Waals surface area contributed by atoms with E-state index in [9.17, 15) is 0 Å². The largest absolute Gasteiger partial charge is 3.00 e. The zero-order chi connectivity index (χ0) is 10.7. The van der Waals surface area contributed by atoms with Gasteiger partial charge in [-0.15, -0.1) is 0 Å². The molecule has 0 heterocycles. The van der Waals surface area contributed by atoms with Gasteiger partial charge in [-0.2, -0.15) is 0 Å². The Kier molecular flexibility index (Phi) is 31.2. The molecular formula is C6H9HoO6. The molecule has 0 rings (SSSR count). The van der Waals surface area contributed by atoms with Crippen LogP contribution in [-0.4, -0.2) is 17.9 Å². The normalized spacial score (nSPS) is 5.77. The van der Waals surface area contributed by atoms with E-state index in [1.165, 1.54) is 0 Å². The molecule has 0 N–H and O–H groups in total. The minimum Gasteiger partial charge on any atom is -0.550 e. The van der Waals surface area contributed by atoms with Crippen LogP contribution >= 0.6 is 0 Å². The van der Waals surface area contributed by atoms with Crippen LogP contribution in [0, 0.1) is 37.7 Å². The van der Waals surface area contributed by atoms with Crippen LogP contribution in [0.3, 0.4) is 0 Å². The third kappa shape index (κ3) is 10000. The van der Waals surface area contributed by atoms with E-state index in [0.717, 1.165) is 20.8 Å². The summed E-state index contributed by atoms with van der Waals surface area (Å²) < 4.78 is 0. The fourth-order valence-electron chi connectivity index (χ4n) is 0. The van der Waals surface area contributed by atoms with Crippen LogP contribution in [0.15, 0.2) is 0 Å². The molecule has 0 fully saturated rings. The summed E-state index contributed by atoms with van der Waals surface area (Å²) in [7, 11) is 0. The minimum absolute atomic E-state index is 0. The fourth-order valence-corrected chi connectivity index (χ4v) is 0. The SMILES string of the molecule is CC(=O)[O-].CC(=O)[O-].CC(=O)[O-].[Ho+3]. The molecule has 0 aliphatic rings. The van der Waals surface area contributed by atoms with Gasteiger partial charge in [-0.05, 0) is 20.8 Å². The summed E-state index contributed by atoms with van der Waals surface area (Å²) in [5.74, 6) is -3.25. The molecule has 0 aliphatic heterocycles. The molecular weight excluding hydrogens is 333 g/mol. The van der Waals surface area contributed by atoms with Gasteiger partial charge in [0.1, 0.15) is 0 Å². The monoisotopic (exact) mass is 342 g/mol. The van der Waals surface area contributed by atoms with Crippen molar-refractivity contribution in [3.05, 3.63) is 0 Å². The predicted molar refractivity (Wildman–Crippen MR) is 32.0 cm³/mol. The average Bonchev–Trinajstić information content (AvgIpc) is 1.54. The van der Waals surface area contributed by atoms with Crippen LogP contribution in [0.25, 0.3) is 0 Å². The van der Waals surface area contributed by atoms with E-state index in [2.05, 4.69) is 0 Å². The van der Waals surface area contributed by atoms with Gasteiger partial charge in [0.05, 0.1) is 0 Å². The topological polar surface area (TPSA) is 120 Å². The predicted octanol–water partition coefficient (Wildman–Crippen LogP) is -3.73. The van der Waals surface area contributed by atoms with E-state index < -0.39 is 17.9 Å². The summed E-state index contributed by atoms with van der Waals surface area (Å²) >= 11 is 0. The standard InChI is InChI=1S/3C2H4O2.Ho/c3*1-2(3)4;/h3*1H3,(H,3,4);/q;;;+3/p-3. The first-order chi connectivity index (χ1) is 5.20. The Morgan fingerprint density at radius 2 is 0.692 bits per heavy atom. The first-order valence-corrected chi connectivity index (χ1v) is 2.72. The van der Waals surface area contributed by atoms with Crippen molar-refractivity contribution < 1.29 is 67.4 Å². The van der Waals surface area contributed by atoms with Crippen LogP contribution in [-0.2, 0) is 14.4 Å². The molecule has 0 bridgehead atoms. The summed E-state index contributed by atoms with van der Waals surface area (Å²) in [6.07, 6.45) is 0. The summed E-state index contributed by atoms with van der Waals surface area (Å²) in [6, 6.07) is 0. The van der Waals surface area contributed by atoms with Gasteiger partial charge in [-0.1, -0.05) is 0 Å². The van der Waals surface area contributed by atoms with Crippen molar-refractivity contribution in [2.24, 2.45) is 0 Å². The maximum absolute atomic E-state index is 8.89. The molecule has 0 saturated carbocycles. The minimum atomic E-state index is -1.08. The summed E-state index contributed by atoms with van der Waals surface area (Å²) in [5, 5.41) is 26.7. The van der Waals surface area contributed by atoms with E-state index in [1.807, 2.05) is 0 Å². The summed E-state index contributed by atoms with van der Waals surface area (Å²) in [4.78, 5) is 26.7. The molecule has 6 nitrogen and oxygen atoms in total. The zero-order valence-corrected chi connectivity index (χ0v) is 9.19. The van der Waals surface area contributed by atoms with Gasteiger partial charge in [0, 0.05) is 17.9 Å². The molecule has 0 radical (unpaired) electrons. The maximum Gasteiger partial charge on any atom is 3.00 e. The van der Waals surface area contributed by atoms with E-state index in [-0.39, 0.29) is 37.7 Å². The summed E-state index contributed by atoms with van der Waals surface area (Å²) in [5.41, 5.74) is 0. The van der Waals surface area contributed by atoms with Crippen LogP contribution < -0.4 is 15.3 Å². The average molecular weight is 342 g/mol. The number of carboxylic acid groups (broad SMARTS) is 3. The van der Waals surface area contributed by atoms with Gasteiger partial charge >= 0.3 is 37.7 Å². The van der Waals surface area contributed by atoms with Crippen molar-refractivity contribution in [3.8, 4) is 0 Å². The van der Waals surface area contributed by atoms with E-state index >= 15 is 0 Å². The molecule has 7 heteroatoms. The van der Waals surface area contributed by atoms with Crippen molar-refractivity contribution in [1.82, 2.24) is 0 Å². The molecule has 0 amide bonds. The van der Waals surface area contributed by atoms with Crippen molar-refractivity contribution in [3.63, 3.8) is 0 Å². The number of carboxylic acids is 3. The smallest absolute Gasteiger partial charge is 0.550 e. The van der Waals surface area contributed by atoms with Gasteiger partial charge in [-0.25, -0.2) is 0 Å². The van der Waals surface area contributed by atoms with E-state index in [4.69, 9.17) is 29.7 Å². The first-order valence-electron chi connectivity index (χ1n) is 2.72. The van der Waals surface area contributed by atoms with Crippen LogP contribution in [0.2, 0.25) is 0 Å². The molecule has 0 spiro atoms. The van der Waals surface area contributed by atoms with Crippen molar-refractivity contribution in [2.45, 2.75) is 20.8 Å². The zero-order valence-electron chi connectivity index (χ0n) is 7.25. The molecule has 0 aliphatic carbocycles. The Labute approximate surface area is 106 Å². The second-order valence-corrected chi connectivity index (χ2v) is 1.47. The van der Waals surface area contributed by atoms with Gasteiger partial charge in [0.2, 0.25) is 0 Å². The Bertz CT molecular complexity index is 115. The second kappa shape index (κ2) is 17.7. The molecule has 80 valence electrons. The van der Waals surface area contributed by atoms with Gasteiger partial charge in [0.25, 0.3) is 0 Å². The van der Waals surface area contributed by atoms with Crippen LogP contribution in [0.1, 0.15) is 20.8 Å². The third-order valence-electron chi connectivity index (χ3n) is 0. The molecule has 0 aromatic carbocycles. The second-order valence-electron chi connectivity index (χ2n) is 1.47. The number of carbonyl (C=O) groups excluding carboxylic acids is 3. The number of hydrogen-bond donors (Lipinski definition) is 0. The molecule has 0 aromatic rings. The van der Waals surface area contributed by atoms with Gasteiger partial charge in [0.15, 0.2) is 0 Å². The van der Waals surface area contributed by atoms with Crippen LogP contribution in [0.5, 0.6) is 0 Å². The number of carbonyl (C=O) groups is 3. The number of rotatable bonds is 0. The first kappa shape index (κ1) is 23.0.